The van der Waals surface area contributed by atoms with Crippen LogP contribution in [0.25, 0.3) is 0 Å². The Labute approximate surface area is 211 Å². The average molecular weight is 517 g/mol. The van der Waals surface area contributed by atoms with Crippen LogP contribution >= 0.6 is 0 Å². The lowest BCUT2D eigenvalue weighted by molar-refractivity contribution is -0.138. The summed E-state index contributed by atoms with van der Waals surface area (Å²) in [6.45, 7) is 3.08. The molecule has 1 aromatic carbocycles. The van der Waals surface area contributed by atoms with Gasteiger partial charge in [-0.2, -0.15) is 13.2 Å². The monoisotopic (exact) mass is 516 g/mol. The molecule has 11 heteroatoms. The number of amides is 3. The number of imide groups is 1. The van der Waals surface area contributed by atoms with Gasteiger partial charge in [0.1, 0.15) is 11.6 Å². The van der Waals surface area contributed by atoms with Crippen molar-refractivity contribution in [2.24, 2.45) is 0 Å². The maximum absolute atomic E-state index is 12.9. The molecule has 37 heavy (non-hydrogen) atoms. The van der Waals surface area contributed by atoms with Gasteiger partial charge in [-0.3, -0.25) is 29.6 Å². The highest BCUT2D eigenvalue weighted by Crippen LogP contribution is 2.37. The summed E-state index contributed by atoms with van der Waals surface area (Å²) in [6, 6.07) is 7.55. The molecule has 3 aliphatic rings. The van der Waals surface area contributed by atoms with Crippen molar-refractivity contribution in [3.05, 3.63) is 64.5 Å². The van der Waals surface area contributed by atoms with E-state index >= 15 is 0 Å². The number of carbonyl (C=O) groups is 3. The third-order valence-electron chi connectivity index (χ3n) is 7.74. The maximum Gasteiger partial charge on any atom is 0.416 e. The molecule has 4 heterocycles. The molecular weight excluding hydrogens is 489 g/mol. The number of alkyl halides is 3. The highest BCUT2D eigenvalue weighted by molar-refractivity contribution is 6.05. The summed E-state index contributed by atoms with van der Waals surface area (Å²) in [5, 5.41) is 13.7. The van der Waals surface area contributed by atoms with Gasteiger partial charge in [-0.15, -0.1) is 0 Å². The van der Waals surface area contributed by atoms with E-state index in [2.05, 4.69) is 15.2 Å². The number of nitrogens with zero attached hydrogens (tertiary/aromatic N) is 3. The third-order valence-corrected chi connectivity index (χ3v) is 7.74. The van der Waals surface area contributed by atoms with E-state index in [4.69, 9.17) is 0 Å². The minimum absolute atomic E-state index is 0.125. The average Bonchev–Trinajstić information content (AvgIpc) is 3.19. The zero-order valence-electron chi connectivity index (χ0n) is 20.2. The standard InChI is InChI=1S/C26H27F3N4O4/c1-15(16-2-4-17(5-3-16)26(27,28)29)32-12-10-25(37,11-13-32)21-8-6-18-19(30-21)14-33(24(18)36)20-7-9-22(34)31-23(20)35/h2-6,8,15,20,37H,7,9-14H2,1H3,(H,31,34,35). The largest absolute Gasteiger partial charge is 0.416 e. The van der Waals surface area contributed by atoms with Gasteiger partial charge in [-0.1, -0.05) is 12.1 Å². The Morgan fingerprint density at radius 2 is 1.76 bits per heavy atom. The van der Waals surface area contributed by atoms with Crippen LogP contribution in [0.4, 0.5) is 13.2 Å². The number of pyridine rings is 1. The smallest absolute Gasteiger partial charge is 0.383 e. The summed E-state index contributed by atoms with van der Waals surface area (Å²) in [6.07, 6.45) is -3.22. The number of halogens is 3. The van der Waals surface area contributed by atoms with Gasteiger partial charge < -0.3 is 10.0 Å². The number of likely N-dealkylation sites (tertiary alicyclic amines) is 1. The number of hydrogen-bond acceptors (Lipinski definition) is 6. The fourth-order valence-electron chi connectivity index (χ4n) is 5.39. The van der Waals surface area contributed by atoms with Crippen LogP contribution in [0.5, 0.6) is 0 Å². The third kappa shape index (κ3) is 4.73. The van der Waals surface area contributed by atoms with E-state index < -0.39 is 29.3 Å². The number of benzene rings is 1. The molecule has 5 rings (SSSR count). The van der Waals surface area contributed by atoms with E-state index in [0.29, 0.717) is 42.9 Å². The van der Waals surface area contributed by atoms with E-state index in [9.17, 15) is 32.7 Å². The van der Waals surface area contributed by atoms with E-state index in [1.807, 2.05) is 6.92 Å². The van der Waals surface area contributed by atoms with Crippen LogP contribution in [0.15, 0.2) is 36.4 Å². The second kappa shape index (κ2) is 9.21. The van der Waals surface area contributed by atoms with Crippen LogP contribution in [0.2, 0.25) is 0 Å². The lowest BCUT2D eigenvalue weighted by atomic mass is 9.86. The molecule has 0 bridgehead atoms. The molecule has 0 saturated carbocycles. The fraction of sp³-hybridized carbons (Fsp3) is 0.462. The number of rotatable bonds is 4. The van der Waals surface area contributed by atoms with Crippen LogP contribution in [0.1, 0.15) is 71.5 Å². The van der Waals surface area contributed by atoms with Crippen molar-refractivity contribution in [1.82, 2.24) is 20.1 Å². The number of aromatic nitrogens is 1. The fourth-order valence-corrected chi connectivity index (χ4v) is 5.39. The Morgan fingerprint density at radius 1 is 1.08 bits per heavy atom. The molecule has 8 nitrogen and oxygen atoms in total. The Kier molecular flexibility index (Phi) is 6.31. The first-order valence-electron chi connectivity index (χ1n) is 12.2. The van der Waals surface area contributed by atoms with Crippen molar-refractivity contribution < 1.29 is 32.7 Å². The summed E-state index contributed by atoms with van der Waals surface area (Å²) >= 11 is 0. The quantitative estimate of drug-likeness (QED) is 0.606. The zero-order valence-corrected chi connectivity index (χ0v) is 20.2. The Bertz CT molecular complexity index is 1240. The molecule has 2 atom stereocenters. The molecule has 2 saturated heterocycles. The van der Waals surface area contributed by atoms with Crippen molar-refractivity contribution in [3.8, 4) is 0 Å². The number of carbonyl (C=O) groups excluding carboxylic acids is 3. The molecule has 2 unspecified atom stereocenters. The normalized spacial score (nSPS) is 23.1. The highest BCUT2D eigenvalue weighted by Gasteiger charge is 2.42. The van der Waals surface area contributed by atoms with Gasteiger partial charge in [-0.05, 0) is 56.0 Å². The van der Waals surface area contributed by atoms with Gasteiger partial charge in [0.15, 0.2) is 0 Å². The first-order valence-corrected chi connectivity index (χ1v) is 12.2. The number of piperidine rings is 2. The van der Waals surface area contributed by atoms with Gasteiger partial charge in [0.25, 0.3) is 5.91 Å². The van der Waals surface area contributed by atoms with Crippen molar-refractivity contribution in [2.45, 2.75) is 63.0 Å². The van der Waals surface area contributed by atoms with Crippen LogP contribution in [-0.4, -0.2) is 56.7 Å². The maximum atomic E-state index is 12.9. The molecule has 196 valence electrons. The molecule has 0 radical (unpaired) electrons. The Morgan fingerprint density at radius 3 is 2.38 bits per heavy atom. The highest BCUT2D eigenvalue weighted by atomic mass is 19.4. The number of aliphatic hydroxyl groups is 1. The summed E-state index contributed by atoms with van der Waals surface area (Å²) in [5.41, 5.74) is 0.184. The van der Waals surface area contributed by atoms with Gasteiger partial charge in [-0.25, -0.2) is 0 Å². The molecular formula is C26H27F3N4O4. The number of nitrogens with one attached hydrogen (secondary N) is 1. The van der Waals surface area contributed by atoms with E-state index in [-0.39, 0.29) is 37.2 Å². The molecule has 0 spiro atoms. The molecule has 2 fully saturated rings. The van der Waals surface area contributed by atoms with Crippen molar-refractivity contribution in [1.29, 1.82) is 0 Å². The van der Waals surface area contributed by atoms with Crippen LogP contribution in [0.3, 0.4) is 0 Å². The van der Waals surface area contributed by atoms with Gasteiger partial charge in [0.05, 0.1) is 29.1 Å². The summed E-state index contributed by atoms with van der Waals surface area (Å²) in [7, 11) is 0. The van der Waals surface area contributed by atoms with E-state index in [1.54, 1.807) is 12.1 Å². The predicted octanol–water partition coefficient (Wildman–Crippen LogP) is 2.91. The lowest BCUT2D eigenvalue weighted by Gasteiger charge is -2.40. The van der Waals surface area contributed by atoms with Crippen LogP contribution in [0, 0.1) is 0 Å². The second-order valence-electron chi connectivity index (χ2n) is 9.95. The summed E-state index contributed by atoms with van der Waals surface area (Å²) in [5.74, 6) is -1.17. The van der Waals surface area contributed by atoms with Gasteiger partial charge in [0.2, 0.25) is 11.8 Å². The van der Waals surface area contributed by atoms with Crippen molar-refractivity contribution in [2.75, 3.05) is 13.1 Å². The SMILES string of the molecule is CC(c1ccc(C(F)(F)F)cc1)N1CCC(O)(c2ccc3c(n2)CN(C2CCC(=O)NC2=O)C3=O)CC1. The molecule has 3 aliphatic heterocycles. The number of hydrogen-bond donors (Lipinski definition) is 2. The minimum Gasteiger partial charge on any atom is -0.383 e. The summed E-state index contributed by atoms with van der Waals surface area (Å²) in [4.78, 5) is 44.8. The molecule has 3 amide bonds. The number of fused-ring (bicyclic) bond motifs is 1. The first kappa shape index (κ1) is 25.3. The van der Waals surface area contributed by atoms with Crippen molar-refractivity contribution in [3.63, 3.8) is 0 Å². The topological polar surface area (TPSA) is 103 Å². The van der Waals surface area contributed by atoms with Gasteiger partial charge >= 0.3 is 6.18 Å². The van der Waals surface area contributed by atoms with Crippen LogP contribution < -0.4 is 5.32 Å². The second-order valence-corrected chi connectivity index (χ2v) is 9.95. The van der Waals surface area contributed by atoms with E-state index in [1.165, 1.54) is 17.0 Å². The molecule has 0 aliphatic carbocycles. The molecule has 1 aromatic heterocycles. The molecule has 2 aromatic rings. The molecule has 2 N–H and O–H groups in total. The predicted molar refractivity (Wildman–Crippen MR) is 125 cm³/mol. The Hall–Kier alpha value is -3.31. The Balaban J connectivity index is 1.26. The van der Waals surface area contributed by atoms with E-state index in [0.717, 1.165) is 17.7 Å². The lowest BCUT2D eigenvalue weighted by Crippen LogP contribution is -2.52. The van der Waals surface area contributed by atoms with Crippen molar-refractivity contribution >= 4 is 17.7 Å². The van der Waals surface area contributed by atoms with Crippen LogP contribution in [-0.2, 0) is 27.9 Å². The zero-order chi connectivity index (χ0) is 26.5. The minimum atomic E-state index is -4.38. The summed E-state index contributed by atoms with van der Waals surface area (Å²) < 4.78 is 38.6. The first-order chi connectivity index (χ1) is 17.5. The van der Waals surface area contributed by atoms with Gasteiger partial charge in [0, 0.05) is 25.6 Å².